The third kappa shape index (κ3) is 2.58. The second kappa shape index (κ2) is 4.84. The molecule has 3 rings (SSSR count). The van der Waals surface area contributed by atoms with Crippen molar-refractivity contribution in [3.63, 3.8) is 0 Å². The number of hydrogen-bond acceptors (Lipinski definition) is 2. The zero-order chi connectivity index (χ0) is 13.3. The van der Waals surface area contributed by atoms with Crippen molar-refractivity contribution in [3.8, 4) is 0 Å². The Hall–Kier alpha value is -1.57. The van der Waals surface area contributed by atoms with Gasteiger partial charge in [0.05, 0.1) is 0 Å². The van der Waals surface area contributed by atoms with Gasteiger partial charge in [0.15, 0.2) is 0 Å². The standard InChI is InChI=1S/C17H20O2/c1-13(11-14-5-3-2-4-6-14)16(18)19-17-9-7-15(12-17)8-10-17/h2-6,11,15H,7-10,12H2,1H3. The van der Waals surface area contributed by atoms with Gasteiger partial charge in [-0.1, -0.05) is 30.3 Å². The summed E-state index contributed by atoms with van der Waals surface area (Å²) in [6.45, 7) is 1.84. The molecular weight excluding hydrogens is 236 g/mol. The molecule has 0 unspecified atom stereocenters. The highest BCUT2D eigenvalue weighted by Gasteiger charge is 2.47. The van der Waals surface area contributed by atoms with Crippen molar-refractivity contribution in [3.05, 3.63) is 41.5 Å². The van der Waals surface area contributed by atoms with Gasteiger partial charge in [0.25, 0.3) is 0 Å². The minimum Gasteiger partial charge on any atom is -0.456 e. The summed E-state index contributed by atoms with van der Waals surface area (Å²) in [5.74, 6) is 0.651. The predicted molar refractivity (Wildman–Crippen MR) is 75.5 cm³/mol. The Labute approximate surface area is 114 Å². The SMILES string of the molecule is CC(=Cc1ccccc1)C(=O)OC12CCC(CC1)C2. The van der Waals surface area contributed by atoms with E-state index < -0.39 is 0 Å². The van der Waals surface area contributed by atoms with Crippen LogP contribution in [0, 0.1) is 5.92 Å². The zero-order valence-electron chi connectivity index (χ0n) is 11.4. The molecule has 100 valence electrons. The summed E-state index contributed by atoms with van der Waals surface area (Å²) < 4.78 is 5.82. The first kappa shape index (κ1) is 12.5. The lowest BCUT2D eigenvalue weighted by molar-refractivity contribution is -0.153. The molecule has 0 aliphatic heterocycles. The predicted octanol–water partition coefficient (Wildman–Crippen LogP) is 3.97. The van der Waals surface area contributed by atoms with Crippen LogP contribution < -0.4 is 0 Å². The van der Waals surface area contributed by atoms with E-state index in [-0.39, 0.29) is 11.6 Å². The van der Waals surface area contributed by atoms with E-state index in [0.29, 0.717) is 5.57 Å². The number of fused-ring (bicyclic) bond motifs is 2. The Morgan fingerprint density at radius 3 is 2.53 bits per heavy atom. The van der Waals surface area contributed by atoms with Crippen molar-refractivity contribution < 1.29 is 9.53 Å². The van der Waals surface area contributed by atoms with E-state index in [9.17, 15) is 4.79 Å². The number of ether oxygens (including phenoxy) is 1. The van der Waals surface area contributed by atoms with Crippen LogP contribution in [-0.4, -0.2) is 11.6 Å². The average Bonchev–Trinajstić information content (AvgIpc) is 2.99. The van der Waals surface area contributed by atoms with Crippen molar-refractivity contribution in [2.75, 3.05) is 0 Å². The quantitative estimate of drug-likeness (QED) is 0.604. The Balaban J connectivity index is 1.69. The van der Waals surface area contributed by atoms with Crippen molar-refractivity contribution in [2.45, 2.75) is 44.6 Å². The van der Waals surface area contributed by atoms with Crippen LogP contribution in [0.2, 0.25) is 0 Å². The van der Waals surface area contributed by atoms with Gasteiger partial charge in [-0.25, -0.2) is 4.79 Å². The molecule has 2 bridgehead atoms. The lowest BCUT2D eigenvalue weighted by Gasteiger charge is -2.26. The molecule has 0 amide bonds. The van der Waals surface area contributed by atoms with Crippen LogP contribution in [-0.2, 0) is 9.53 Å². The van der Waals surface area contributed by atoms with E-state index >= 15 is 0 Å². The van der Waals surface area contributed by atoms with Gasteiger partial charge in [-0.2, -0.15) is 0 Å². The summed E-state index contributed by atoms with van der Waals surface area (Å²) in [5.41, 5.74) is 1.61. The molecule has 0 saturated heterocycles. The molecule has 2 nitrogen and oxygen atoms in total. The van der Waals surface area contributed by atoms with E-state index in [0.717, 1.165) is 30.7 Å². The molecule has 0 aromatic heterocycles. The maximum absolute atomic E-state index is 12.2. The minimum absolute atomic E-state index is 0.131. The Kier molecular flexibility index (Phi) is 3.17. The molecule has 1 aromatic carbocycles. The summed E-state index contributed by atoms with van der Waals surface area (Å²) in [7, 11) is 0. The summed E-state index contributed by atoms with van der Waals surface area (Å²) in [6, 6.07) is 9.91. The van der Waals surface area contributed by atoms with E-state index in [1.54, 1.807) is 0 Å². The first-order chi connectivity index (χ1) is 9.17. The molecule has 2 saturated carbocycles. The van der Waals surface area contributed by atoms with Gasteiger partial charge < -0.3 is 4.74 Å². The summed E-state index contributed by atoms with van der Waals surface area (Å²) in [5, 5.41) is 0. The third-order valence-corrected chi connectivity index (χ3v) is 4.49. The minimum atomic E-state index is -0.147. The highest BCUT2D eigenvalue weighted by Crippen LogP contribution is 2.50. The van der Waals surface area contributed by atoms with Crippen molar-refractivity contribution >= 4 is 12.0 Å². The number of carbonyl (C=O) groups excluding carboxylic acids is 1. The highest BCUT2D eigenvalue weighted by molar-refractivity contribution is 5.93. The summed E-state index contributed by atoms with van der Waals surface area (Å²) in [6.07, 6.45) is 7.56. The van der Waals surface area contributed by atoms with Crippen LogP contribution >= 0.6 is 0 Å². The van der Waals surface area contributed by atoms with Gasteiger partial charge in [0, 0.05) is 5.57 Å². The maximum Gasteiger partial charge on any atom is 0.334 e. The lowest BCUT2D eigenvalue weighted by Crippen LogP contribution is -2.30. The second-order valence-corrected chi connectivity index (χ2v) is 5.96. The highest BCUT2D eigenvalue weighted by atomic mass is 16.6. The molecule has 2 fully saturated rings. The zero-order valence-corrected chi connectivity index (χ0v) is 11.4. The molecule has 0 radical (unpaired) electrons. The van der Waals surface area contributed by atoms with Crippen molar-refractivity contribution in [2.24, 2.45) is 5.92 Å². The lowest BCUT2D eigenvalue weighted by atomic mass is 9.97. The van der Waals surface area contributed by atoms with E-state index in [1.165, 1.54) is 12.8 Å². The number of rotatable bonds is 3. The summed E-state index contributed by atoms with van der Waals surface area (Å²) >= 11 is 0. The fraction of sp³-hybridized carbons (Fsp3) is 0.471. The van der Waals surface area contributed by atoms with E-state index in [1.807, 2.05) is 43.3 Å². The fourth-order valence-electron chi connectivity index (χ4n) is 3.42. The van der Waals surface area contributed by atoms with Gasteiger partial charge in [0.1, 0.15) is 5.60 Å². The normalized spacial score (nSPS) is 29.5. The largest absolute Gasteiger partial charge is 0.456 e. The summed E-state index contributed by atoms with van der Waals surface area (Å²) in [4.78, 5) is 12.2. The first-order valence-corrected chi connectivity index (χ1v) is 7.14. The van der Waals surface area contributed by atoms with Crippen LogP contribution in [0.4, 0.5) is 0 Å². The number of hydrogen-bond donors (Lipinski definition) is 0. The van der Waals surface area contributed by atoms with Crippen molar-refractivity contribution in [1.82, 2.24) is 0 Å². The number of carbonyl (C=O) groups is 1. The smallest absolute Gasteiger partial charge is 0.334 e. The third-order valence-electron chi connectivity index (χ3n) is 4.49. The van der Waals surface area contributed by atoms with Gasteiger partial charge in [0.2, 0.25) is 0 Å². The van der Waals surface area contributed by atoms with Crippen LogP contribution in [0.1, 0.15) is 44.6 Å². The van der Waals surface area contributed by atoms with Gasteiger partial charge in [-0.3, -0.25) is 0 Å². The van der Waals surface area contributed by atoms with Crippen LogP contribution in [0.5, 0.6) is 0 Å². The van der Waals surface area contributed by atoms with Crippen LogP contribution in [0.3, 0.4) is 0 Å². The Morgan fingerprint density at radius 2 is 1.95 bits per heavy atom. The molecular formula is C17H20O2. The molecule has 19 heavy (non-hydrogen) atoms. The number of esters is 1. The van der Waals surface area contributed by atoms with E-state index in [4.69, 9.17) is 4.74 Å². The Bertz CT molecular complexity index is 493. The molecule has 0 spiro atoms. The fourth-order valence-corrected chi connectivity index (χ4v) is 3.42. The number of benzene rings is 1. The van der Waals surface area contributed by atoms with Crippen LogP contribution in [0.25, 0.3) is 6.08 Å². The van der Waals surface area contributed by atoms with Gasteiger partial charge in [-0.05, 0) is 56.6 Å². The molecule has 0 heterocycles. The second-order valence-electron chi connectivity index (χ2n) is 5.96. The molecule has 1 aromatic rings. The van der Waals surface area contributed by atoms with Gasteiger partial charge in [-0.15, -0.1) is 0 Å². The molecule has 2 aliphatic carbocycles. The maximum atomic E-state index is 12.2. The molecule has 0 N–H and O–H groups in total. The topological polar surface area (TPSA) is 26.3 Å². The Morgan fingerprint density at radius 1 is 1.26 bits per heavy atom. The van der Waals surface area contributed by atoms with Crippen molar-refractivity contribution in [1.29, 1.82) is 0 Å². The molecule has 2 aliphatic rings. The van der Waals surface area contributed by atoms with Crippen LogP contribution in [0.15, 0.2) is 35.9 Å². The van der Waals surface area contributed by atoms with E-state index in [2.05, 4.69) is 0 Å². The average molecular weight is 256 g/mol. The molecule has 0 atom stereocenters. The van der Waals surface area contributed by atoms with Gasteiger partial charge >= 0.3 is 5.97 Å². The molecule has 2 heteroatoms. The monoisotopic (exact) mass is 256 g/mol. The first-order valence-electron chi connectivity index (χ1n) is 7.14.